The average Bonchev–Trinajstić information content (AvgIpc) is 3.62. The summed E-state index contributed by atoms with van der Waals surface area (Å²) in [5.41, 5.74) is 7.09. The molecule has 2 aromatic carbocycles. The van der Waals surface area contributed by atoms with E-state index in [0.717, 1.165) is 17.0 Å². The van der Waals surface area contributed by atoms with E-state index in [1.807, 2.05) is 70.6 Å². The van der Waals surface area contributed by atoms with Gasteiger partial charge >= 0.3 is 0 Å². The van der Waals surface area contributed by atoms with E-state index in [1.165, 1.54) is 10.5 Å². The Hall–Kier alpha value is -3.76. The van der Waals surface area contributed by atoms with Crippen molar-refractivity contribution in [3.05, 3.63) is 83.9 Å². The van der Waals surface area contributed by atoms with Gasteiger partial charge in [0.2, 0.25) is 12.1 Å². The van der Waals surface area contributed by atoms with Gasteiger partial charge in [-0.2, -0.15) is 5.10 Å². The van der Waals surface area contributed by atoms with Gasteiger partial charge in [0.25, 0.3) is 0 Å². The maximum atomic E-state index is 6.25. The van der Waals surface area contributed by atoms with Crippen molar-refractivity contribution in [3.8, 4) is 0 Å². The summed E-state index contributed by atoms with van der Waals surface area (Å²) in [6, 6.07) is 18.8. The van der Waals surface area contributed by atoms with E-state index in [0.29, 0.717) is 24.0 Å². The zero-order chi connectivity index (χ0) is 28.5. The highest BCUT2D eigenvalue weighted by atomic mass is 32.2. The van der Waals surface area contributed by atoms with Crippen molar-refractivity contribution >= 4 is 35.4 Å². The number of fused-ring (bicyclic) bond motifs is 1. The predicted octanol–water partition coefficient (Wildman–Crippen LogP) is 6.51. The molecule has 40 heavy (non-hydrogen) atoms. The fourth-order valence-corrected chi connectivity index (χ4v) is 4.97. The summed E-state index contributed by atoms with van der Waals surface area (Å²) in [5, 5.41) is 9.68. The molecule has 0 amide bonds. The smallest absolute Gasteiger partial charge is 0.217 e. The Bertz CT molecular complexity index is 1320. The normalized spacial score (nSPS) is 16.6. The van der Waals surface area contributed by atoms with Gasteiger partial charge in [0.1, 0.15) is 18.3 Å². The second-order valence-corrected chi connectivity index (χ2v) is 10.2. The number of aliphatic imine (C=N–C) groups is 2. The molecule has 3 aromatic rings. The van der Waals surface area contributed by atoms with Gasteiger partial charge in [0, 0.05) is 34.7 Å². The lowest BCUT2D eigenvalue weighted by atomic mass is 10.2. The summed E-state index contributed by atoms with van der Waals surface area (Å²) in [6.45, 7) is 12.5. The molecule has 0 saturated heterocycles. The fraction of sp³-hybridized carbons (Fsp3) is 0.367. The van der Waals surface area contributed by atoms with Crippen LogP contribution < -0.4 is 10.7 Å². The second kappa shape index (κ2) is 14.0. The first-order valence-corrected chi connectivity index (χ1v) is 14.8. The third-order valence-electron chi connectivity index (χ3n) is 5.91. The van der Waals surface area contributed by atoms with E-state index in [9.17, 15) is 0 Å². The summed E-state index contributed by atoms with van der Waals surface area (Å²) < 4.78 is 13.7. The third kappa shape index (κ3) is 7.25. The fourth-order valence-electron chi connectivity index (χ4n) is 4.12. The Morgan fingerprint density at radius 3 is 2.50 bits per heavy atom. The minimum Gasteiger partial charge on any atom is -0.489 e. The molecule has 2 aliphatic rings. The van der Waals surface area contributed by atoms with Gasteiger partial charge in [-0.25, -0.2) is 19.7 Å². The largest absolute Gasteiger partial charge is 0.489 e. The van der Waals surface area contributed by atoms with Crippen molar-refractivity contribution < 1.29 is 9.47 Å². The number of hydrazine groups is 1. The highest BCUT2D eigenvalue weighted by molar-refractivity contribution is 7.98. The second-order valence-electron chi connectivity index (χ2n) is 9.18. The molecule has 0 fully saturated rings. The van der Waals surface area contributed by atoms with Gasteiger partial charge in [0.05, 0.1) is 12.3 Å². The van der Waals surface area contributed by atoms with Crippen molar-refractivity contribution in [3.63, 3.8) is 0 Å². The Morgan fingerprint density at radius 2 is 1.80 bits per heavy atom. The third-order valence-corrected chi connectivity index (χ3v) is 7.00. The first-order valence-electron chi connectivity index (χ1n) is 13.8. The van der Waals surface area contributed by atoms with E-state index >= 15 is 0 Å². The van der Waals surface area contributed by atoms with Crippen LogP contribution in [0.1, 0.15) is 58.9 Å². The van der Waals surface area contributed by atoms with Crippen LogP contribution in [-0.2, 0) is 15.2 Å². The van der Waals surface area contributed by atoms with Gasteiger partial charge < -0.3 is 14.8 Å². The van der Waals surface area contributed by atoms with E-state index in [1.54, 1.807) is 17.2 Å². The number of hydrogen-bond donors (Lipinski definition) is 2. The number of guanidine groups is 1. The van der Waals surface area contributed by atoms with Crippen LogP contribution in [-0.4, -0.2) is 46.0 Å². The molecular weight excluding hydrogens is 522 g/mol. The number of aromatic nitrogens is 2. The van der Waals surface area contributed by atoms with Gasteiger partial charge in [-0.05, 0) is 57.5 Å². The maximum Gasteiger partial charge on any atom is 0.217 e. The molecule has 212 valence electrons. The Balaban J connectivity index is 0.00000181. The average molecular weight is 562 g/mol. The summed E-state index contributed by atoms with van der Waals surface area (Å²) in [7, 11) is 0. The lowest BCUT2D eigenvalue weighted by Gasteiger charge is -2.28. The van der Waals surface area contributed by atoms with E-state index < -0.39 is 0 Å². The summed E-state index contributed by atoms with van der Waals surface area (Å²) >= 11 is 1.81. The molecule has 9 nitrogen and oxygen atoms in total. The number of thioether (sulfide) groups is 1. The van der Waals surface area contributed by atoms with Crippen LogP contribution in [0.3, 0.4) is 0 Å². The van der Waals surface area contributed by atoms with Crippen molar-refractivity contribution in [2.75, 3.05) is 11.9 Å². The van der Waals surface area contributed by atoms with Crippen LogP contribution in [0.15, 0.2) is 87.6 Å². The lowest BCUT2D eigenvalue weighted by molar-refractivity contribution is 0.0159. The highest BCUT2D eigenvalue weighted by Crippen LogP contribution is 2.32. The van der Waals surface area contributed by atoms with Gasteiger partial charge in [-0.1, -0.05) is 44.2 Å². The predicted molar refractivity (Wildman–Crippen MR) is 164 cm³/mol. The number of nitrogens with zero attached hydrogens (tertiary/aromatic N) is 5. The Morgan fingerprint density at radius 1 is 1.05 bits per heavy atom. The SMILES string of the molecule is CC.CCOC(C)n1cc(C2=C(OC(C)C)C3N=C(Nc4ccc(SCc5ccccc5)cc4)NN3C=N2)cn1. The van der Waals surface area contributed by atoms with E-state index in [4.69, 9.17) is 14.5 Å². The van der Waals surface area contributed by atoms with Crippen LogP contribution in [0.5, 0.6) is 0 Å². The van der Waals surface area contributed by atoms with Gasteiger partial charge in [0.15, 0.2) is 5.76 Å². The molecule has 2 unspecified atom stereocenters. The number of rotatable bonds is 10. The molecule has 0 bridgehead atoms. The zero-order valence-corrected chi connectivity index (χ0v) is 24.9. The molecule has 0 spiro atoms. The molecule has 0 saturated carbocycles. The van der Waals surface area contributed by atoms with Gasteiger partial charge in [-0.3, -0.25) is 5.43 Å². The molecule has 2 aliphatic heterocycles. The van der Waals surface area contributed by atoms with Crippen molar-refractivity contribution in [2.24, 2.45) is 9.98 Å². The summed E-state index contributed by atoms with van der Waals surface area (Å²) in [4.78, 5) is 10.8. The van der Waals surface area contributed by atoms with Crippen molar-refractivity contribution in [1.29, 1.82) is 0 Å². The molecule has 10 heteroatoms. The van der Waals surface area contributed by atoms with Crippen LogP contribution >= 0.6 is 11.8 Å². The molecule has 5 rings (SSSR count). The zero-order valence-electron chi connectivity index (χ0n) is 24.0. The number of benzene rings is 2. The maximum absolute atomic E-state index is 6.25. The van der Waals surface area contributed by atoms with Crippen LogP contribution in [0.25, 0.3) is 5.70 Å². The first-order chi connectivity index (χ1) is 19.5. The molecule has 2 N–H and O–H groups in total. The molecule has 3 heterocycles. The molecule has 2 atom stereocenters. The van der Waals surface area contributed by atoms with E-state index in [2.05, 4.69) is 69.4 Å². The number of ether oxygens (including phenoxy) is 2. The summed E-state index contributed by atoms with van der Waals surface area (Å²) in [5.74, 6) is 2.23. The monoisotopic (exact) mass is 561 g/mol. The molecule has 1 aromatic heterocycles. The van der Waals surface area contributed by atoms with Crippen LogP contribution in [0.2, 0.25) is 0 Å². The minimum atomic E-state index is -0.388. The first kappa shape index (κ1) is 29.2. The summed E-state index contributed by atoms with van der Waals surface area (Å²) in [6.07, 6.45) is 4.84. The molecule has 0 radical (unpaired) electrons. The number of nitrogens with one attached hydrogen (secondary N) is 2. The quantitative estimate of drug-likeness (QED) is 0.273. The molecule has 0 aliphatic carbocycles. The lowest BCUT2D eigenvalue weighted by Crippen LogP contribution is -2.44. The minimum absolute atomic E-state index is 0.0410. The Labute approximate surface area is 241 Å². The van der Waals surface area contributed by atoms with Crippen molar-refractivity contribution in [2.45, 2.75) is 70.7 Å². The topological polar surface area (TPSA) is 88.3 Å². The standard InChI is InChI=1S/C28H33N7O2S.C2H6/c1-5-36-20(4)34-16-22(15-30-34)25-26(37-19(2)3)27-32-28(33-35(27)18-29-25)31-23-11-13-24(14-12-23)38-17-21-9-7-6-8-10-21;1-2/h6-16,18-20,27H,5,17H2,1-4H3,(H2,31,32,33);1-2H3. The van der Waals surface area contributed by atoms with E-state index in [-0.39, 0.29) is 18.5 Å². The highest BCUT2D eigenvalue weighted by Gasteiger charge is 2.35. The Kier molecular flexibility index (Phi) is 10.3. The van der Waals surface area contributed by atoms with Gasteiger partial charge in [-0.15, -0.1) is 11.8 Å². The van der Waals surface area contributed by atoms with Crippen LogP contribution in [0.4, 0.5) is 5.69 Å². The molecular formula is C30H39N7O2S. The number of anilines is 1. The number of hydrogen-bond acceptors (Lipinski definition) is 9. The van der Waals surface area contributed by atoms with Crippen molar-refractivity contribution in [1.82, 2.24) is 20.2 Å². The van der Waals surface area contributed by atoms with Crippen LogP contribution in [0, 0.1) is 0 Å².